The molecule has 0 spiro atoms. The number of hydrogen-bond acceptors (Lipinski definition) is 5. The van der Waals surface area contributed by atoms with Gasteiger partial charge in [0.1, 0.15) is 23.6 Å². The van der Waals surface area contributed by atoms with Gasteiger partial charge in [0.05, 0.1) is 24.8 Å². The first-order valence-electron chi connectivity index (χ1n) is 11.0. The van der Waals surface area contributed by atoms with Gasteiger partial charge in [-0.25, -0.2) is 4.39 Å². The minimum absolute atomic E-state index is 0.000250. The lowest BCUT2D eigenvalue weighted by Gasteiger charge is -2.26. The zero-order valence-corrected chi connectivity index (χ0v) is 17.8. The molecule has 3 aliphatic rings. The van der Waals surface area contributed by atoms with E-state index in [1.807, 2.05) is 15.4 Å². The van der Waals surface area contributed by atoms with Gasteiger partial charge in [0, 0.05) is 31.1 Å². The van der Waals surface area contributed by atoms with Gasteiger partial charge in [0.15, 0.2) is 5.65 Å². The molecule has 0 bridgehead atoms. The zero-order valence-electron chi connectivity index (χ0n) is 17.8. The van der Waals surface area contributed by atoms with Crippen LogP contribution in [-0.2, 0) is 17.6 Å². The second-order valence-corrected chi connectivity index (χ2v) is 8.59. The number of hydrogen-bond donors (Lipinski definition) is 0. The summed E-state index contributed by atoms with van der Waals surface area (Å²) in [6.07, 6.45) is 5.68. The number of amides is 1. The predicted octanol–water partition coefficient (Wildman–Crippen LogP) is 3.16. The number of fused-ring (bicyclic) bond motifs is 3. The summed E-state index contributed by atoms with van der Waals surface area (Å²) in [6, 6.07) is 5.25. The van der Waals surface area contributed by atoms with Gasteiger partial charge >= 0.3 is 0 Å². The SMILES string of the molecule is CC(=O)N1CC=C(c2cc3c(n4cnnc24)CCc2c(F)ccc4c2[C@H](CO4)CO3)CC1. The molecule has 8 heteroatoms. The van der Waals surface area contributed by atoms with Crippen LogP contribution in [-0.4, -0.2) is 51.7 Å². The van der Waals surface area contributed by atoms with Crippen LogP contribution in [0.25, 0.3) is 11.2 Å². The zero-order chi connectivity index (χ0) is 21.8. The molecule has 1 atom stereocenters. The number of nitrogens with zero attached hydrogens (tertiary/aromatic N) is 4. The third-order valence-corrected chi connectivity index (χ3v) is 6.80. The summed E-state index contributed by atoms with van der Waals surface area (Å²) < 4.78 is 28.9. The van der Waals surface area contributed by atoms with Crippen LogP contribution >= 0.6 is 0 Å². The molecule has 3 aromatic rings. The number of benzene rings is 1. The van der Waals surface area contributed by atoms with Gasteiger partial charge in [-0.05, 0) is 48.6 Å². The van der Waals surface area contributed by atoms with E-state index in [0.717, 1.165) is 46.0 Å². The fourth-order valence-electron chi connectivity index (χ4n) is 5.10. The highest BCUT2D eigenvalue weighted by Gasteiger charge is 2.32. The Labute approximate surface area is 184 Å². The number of rotatable bonds is 1. The van der Waals surface area contributed by atoms with E-state index >= 15 is 0 Å². The first-order chi connectivity index (χ1) is 15.6. The summed E-state index contributed by atoms with van der Waals surface area (Å²) in [7, 11) is 0. The Morgan fingerprint density at radius 3 is 2.78 bits per heavy atom. The Bertz CT molecular complexity index is 1280. The number of carbonyl (C=O) groups excluding carboxylic acids is 1. The molecule has 0 radical (unpaired) electrons. The Balaban J connectivity index is 1.43. The lowest BCUT2D eigenvalue weighted by atomic mass is 9.93. The minimum Gasteiger partial charge on any atom is -0.493 e. The van der Waals surface area contributed by atoms with Crippen LogP contribution in [0.5, 0.6) is 11.5 Å². The van der Waals surface area contributed by atoms with Crippen LogP contribution in [0.4, 0.5) is 4.39 Å². The molecule has 32 heavy (non-hydrogen) atoms. The first kappa shape index (κ1) is 19.3. The van der Waals surface area contributed by atoms with Crippen molar-refractivity contribution in [1.82, 2.24) is 19.5 Å². The normalized spacial score (nSPS) is 19.8. The topological polar surface area (TPSA) is 69.0 Å². The smallest absolute Gasteiger partial charge is 0.219 e. The van der Waals surface area contributed by atoms with Crippen molar-refractivity contribution in [3.63, 3.8) is 0 Å². The summed E-state index contributed by atoms with van der Waals surface area (Å²) >= 11 is 0. The Morgan fingerprint density at radius 2 is 2.00 bits per heavy atom. The average Bonchev–Trinajstić information content (AvgIpc) is 3.45. The third kappa shape index (κ3) is 2.97. The Hall–Kier alpha value is -3.42. The highest BCUT2D eigenvalue weighted by Crippen LogP contribution is 2.41. The predicted molar refractivity (Wildman–Crippen MR) is 115 cm³/mol. The van der Waals surface area contributed by atoms with Crippen molar-refractivity contribution in [2.24, 2.45) is 0 Å². The molecule has 0 saturated heterocycles. The van der Waals surface area contributed by atoms with Crippen molar-refractivity contribution in [2.75, 3.05) is 26.3 Å². The largest absolute Gasteiger partial charge is 0.493 e. The van der Waals surface area contributed by atoms with Crippen LogP contribution in [0.1, 0.15) is 41.6 Å². The number of halogens is 1. The van der Waals surface area contributed by atoms with Gasteiger partial charge in [-0.15, -0.1) is 10.2 Å². The van der Waals surface area contributed by atoms with Crippen molar-refractivity contribution in [3.05, 3.63) is 58.8 Å². The lowest BCUT2D eigenvalue weighted by molar-refractivity contribution is -0.128. The maximum absolute atomic E-state index is 14.8. The van der Waals surface area contributed by atoms with Gasteiger partial charge in [-0.3, -0.25) is 9.20 Å². The average molecular weight is 434 g/mol. The van der Waals surface area contributed by atoms with Crippen LogP contribution < -0.4 is 9.47 Å². The third-order valence-electron chi connectivity index (χ3n) is 6.80. The van der Waals surface area contributed by atoms with Crippen molar-refractivity contribution in [2.45, 2.75) is 32.1 Å². The highest BCUT2D eigenvalue weighted by atomic mass is 19.1. The minimum atomic E-state index is -0.193. The van der Waals surface area contributed by atoms with E-state index in [0.29, 0.717) is 44.7 Å². The van der Waals surface area contributed by atoms with Crippen LogP contribution in [0, 0.1) is 5.82 Å². The second kappa shape index (κ2) is 7.32. The molecular formula is C24H23FN4O3. The van der Waals surface area contributed by atoms with Gasteiger partial charge in [0.25, 0.3) is 0 Å². The molecule has 5 heterocycles. The lowest BCUT2D eigenvalue weighted by Crippen LogP contribution is -2.32. The number of ether oxygens (including phenoxy) is 2. The fourth-order valence-corrected chi connectivity index (χ4v) is 5.10. The molecule has 0 saturated carbocycles. The van der Waals surface area contributed by atoms with E-state index < -0.39 is 0 Å². The number of aromatic nitrogens is 3. The summed E-state index contributed by atoms with van der Waals surface area (Å²) in [5, 5.41) is 8.54. The van der Waals surface area contributed by atoms with E-state index in [1.165, 1.54) is 6.07 Å². The Kier molecular flexibility index (Phi) is 4.41. The molecule has 7 nitrogen and oxygen atoms in total. The van der Waals surface area contributed by atoms with E-state index in [9.17, 15) is 9.18 Å². The number of carbonyl (C=O) groups is 1. The summed E-state index contributed by atoms with van der Waals surface area (Å²) in [6.45, 7) is 3.77. The molecule has 1 amide bonds. The quantitative estimate of drug-likeness (QED) is 0.589. The van der Waals surface area contributed by atoms with E-state index in [1.54, 1.807) is 19.3 Å². The van der Waals surface area contributed by atoms with Crippen LogP contribution in [0.15, 0.2) is 30.6 Å². The molecule has 0 N–H and O–H groups in total. The van der Waals surface area contributed by atoms with Gasteiger partial charge in [0.2, 0.25) is 5.91 Å². The fraction of sp³-hybridized carbons (Fsp3) is 0.375. The standard InChI is InChI=1S/C24H23FN4O3/c1-14(30)28-8-6-15(7-9-28)18-10-22-20(29-13-26-27-24(18)29)4-2-17-19(25)3-5-21-23(17)16(11-31-21)12-32-22/h3,5-6,10,13,16H,2,4,7-9,11-12H2,1H3/t16-/m1/s1. The molecule has 6 rings (SSSR count). The molecule has 1 aromatic carbocycles. The highest BCUT2D eigenvalue weighted by molar-refractivity contribution is 5.80. The molecule has 3 aliphatic heterocycles. The van der Waals surface area contributed by atoms with Crippen molar-refractivity contribution in [3.8, 4) is 11.5 Å². The van der Waals surface area contributed by atoms with Crippen molar-refractivity contribution < 1.29 is 18.7 Å². The maximum atomic E-state index is 14.8. The number of pyridine rings is 1. The van der Waals surface area contributed by atoms with Gasteiger partial charge < -0.3 is 14.4 Å². The van der Waals surface area contributed by atoms with E-state index in [4.69, 9.17) is 9.47 Å². The van der Waals surface area contributed by atoms with E-state index in [2.05, 4.69) is 16.3 Å². The van der Waals surface area contributed by atoms with Crippen molar-refractivity contribution >= 4 is 17.1 Å². The second-order valence-electron chi connectivity index (χ2n) is 8.59. The van der Waals surface area contributed by atoms with Crippen molar-refractivity contribution in [1.29, 1.82) is 0 Å². The Morgan fingerprint density at radius 1 is 1.16 bits per heavy atom. The molecule has 0 fully saturated rings. The number of aryl methyl sites for hydroxylation is 1. The maximum Gasteiger partial charge on any atom is 0.219 e. The molecule has 0 unspecified atom stereocenters. The molecular weight excluding hydrogens is 411 g/mol. The van der Waals surface area contributed by atoms with E-state index in [-0.39, 0.29) is 17.6 Å². The first-order valence-corrected chi connectivity index (χ1v) is 11.0. The summed E-state index contributed by atoms with van der Waals surface area (Å²) in [5.74, 6) is 1.42. The van der Waals surface area contributed by atoms with Crippen LogP contribution in [0.3, 0.4) is 0 Å². The molecule has 0 aliphatic carbocycles. The van der Waals surface area contributed by atoms with Crippen LogP contribution in [0.2, 0.25) is 0 Å². The molecule has 164 valence electrons. The monoisotopic (exact) mass is 434 g/mol. The summed E-state index contributed by atoms with van der Waals surface area (Å²) in [5.41, 5.74) is 5.45. The van der Waals surface area contributed by atoms with Gasteiger partial charge in [-0.2, -0.15) is 0 Å². The summed E-state index contributed by atoms with van der Waals surface area (Å²) in [4.78, 5) is 13.5. The molecule has 2 aromatic heterocycles. The van der Waals surface area contributed by atoms with Gasteiger partial charge in [-0.1, -0.05) is 6.08 Å².